The van der Waals surface area contributed by atoms with Crippen LogP contribution in [0, 0.1) is 6.33 Å². The van der Waals surface area contributed by atoms with Crippen molar-refractivity contribution < 1.29 is 0 Å². The van der Waals surface area contributed by atoms with Crippen LogP contribution in [0.5, 0.6) is 0 Å². The van der Waals surface area contributed by atoms with Crippen molar-refractivity contribution in [1.82, 2.24) is 20.2 Å². The van der Waals surface area contributed by atoms with E-state index in [-0.39, 0.29) is 0 Å². The molecule has 4 nitrogen and oxygen atoms in total. The predicted molar refractivity (Wildman–Crippen MR) is 49.8 cm³/mol. The zero-order chi connectivity index (χ0) is 9.10. The third-order valence-corrected chi connectivity index (χ3v) is 2.32. The number of nitrogens with zero attached hydrogens (tertiary/aromatic N) is 4. The maximum Gasteiger partial charge on any atom is 0.246 e. The van der Waals surface area contributed by atoms with E-state index < -0.39 is 0 Å². The quantitative estimate of drug-likeness (QED) is 0.669. The minimum Gasteiger partial charge on any atom is -0.130 e. The first kappa shape index (κ1) is 8.25. The highest BCUT2D eigenvalue weighted by molar-refractivity contribution is 7.98. The van der Waals surface area contributed by atoms with E-state index in [1.165, 1.54) is 9.69 Å². The Morgan fingerprint density at radius 1 is 1.46 bits per heavy atom. The number of benzene rings is 1. The summed E-state index contributed by atoms with van der Waals surface area (Å²) in [6.07, 6.45) is 4.44. The summed E-state index contributed by atoms with van der Waals surface area (Å²) in [4.78, 5) is 2.62. The largest absolute Gasteiger partial charge is 0.246 e. The summed E-state index contributed by atoms with van der Waals surface area (Å²) in [5, 5.41) is 11.1. The van der Waals surface area contributed by atoms with Gasteiger partial charge in [-0.25, -0.2) is 0 Å². The highest BCUT2D eigenvalue weighted by atomic mass is 32.2. The second kappa shape index (κ2) is 3.57. The molecule has 1 heterocycles. The fourth-order valence-electron chi connectivity index (χ4n) is 0.989. The van der Waals surface area contributed by atoms with Gasteiger partial charge in [0.1, 0.15) is 0 Å². The molecule has 0 saturated heterocycles. The fourth-order valence-corrected chi connectivity index (χ4v) is 1.44. The molecule has 1 radical (unpaired) electrons. The van der Waals surface area contributed by atoms with Gasteiger partial charge in [0.25, 0.3) is 0 Å². The van der Waals surface area contributed by atoms with Crippen LogP contribution in [0.3, 0.4) is 0 Å². The molecule has 0 aliphatic heterocycles. The molecule has 1 aromatic carbocycles. The first-order chi connectivity index (χ1) is 6.40. The highest BCUT2D eigenvalue weighted by Gasteiger charge is 1.98. The number of hydrogen-bond acceptors (Lipinski definition) is 4. The molecule has 0 aliphatic carbocycles. The van der Waals surface area contributed by atoms with Crippen LogP contribution in [0.4, 0.5) is 0 Å². The minimum absolute atomic E-state index is 0.903. The van der Waals surface area contributed by atoms with Crippen LogP contribution < -0.4 is 0 Å². The maximum absolute atomic E-state index is 3.82. The Balaban J connectivity index is 2.41. The Hall–Kier alpha value is -1.36. The number of hydrogen-bond donors (Lipinski definition) is 0. The van der Waals surface area contributed by atoms with Gasteiger partial charge in [-0.3, -0.25) is 0 Å². The van der Waals surface area contributed by atoms with Crippen molar-refractivity contribution in [3.63, 3.8) is 0 Å². The smallest absolute Gasteiger partial charge is 0.130 e. The van der Waals surface area contributed by atoms with Crippen LogP contribution in [-0.4, -0.2) is 26.5 Å². The molecule has 0 saturated carbocycles. The molecule has 13 heavy (non-hydrogen) atoms. The van der Waals surface area contributed by atoms with Crippen molar-refractivity contribution in [1.29, 1.82) is 0 Å². The lowest BCUT2D eigenvalue weighted by molar-refractivity contribution is 0.718. The number of thioether (sulfide) groups is 1. The molecular formula is C8H7N4S. The summed E-state index contributed by atoms with van der Waals surface area (Å²) in [5.74, 6) is 0. The maximum atomic E-state index is 3.82. The summed E-state index contributed by atoms with van der Waals surface area (Å²) in [6.45, 7) is 0. The van der Waals surface area contributed by atoms with Crippen molar-refractivity contribution in [3.05, 3.63) is 30.6 Å². The molecule has 0 atom stereocenters. The lowest BCUT2D eigenvalue weighted by Gasteiger charge is -1.99. The molecule has 2 rings (SSSR count). The second-order valence-electron chi connectivity index (χ2n) is 2.38. The van der Waals surface area contributed by atoms with Crippen molar-refractivity contribution in [3.8, 4) is 5.69 Å². The molecule has 0 N–H and O–H groups in total. The van der Waals surface area contributed by atoms with E-state index in [2.05, 4.69) is 21.7 Å². The van der Waals surface area contributed by atoms with Crippen LogP contribution in [0.15, 0.2) is 29.2 Å². The van der Waals surface area contributed by atoms with E-state index >= 15 is 0 Å². The normalized spacial score (nSPS) is 10.2. The van der Waals surface area contributed by atoms with Gasteiger partial charge in [-0.05, 0) is 29.7 Å². The Kier molecular flexibility index (Phi) is 2.27. The van der Waals surface area contributed by atoms with E-state index in [1.54, 1.807) is 11.8 Å². The van der Waals surface area contributed by atoms with Crippen molar-refractivity contribution in [2.75, 3.05) is 6.26 Å². The third kappa shape index (κ3) is 1.70. The van der Waals surface area contributed by atoms with Gasteiger partial charge >= 0.3 is 0 Å². The van der Waals surface area contributed by atoms with Crippen LogP contribution in [-0.2, 0) is 0 Å². The minimum atomic E-state index is 0.903. The van der Waals surface area contributed by atoms with Crippen molar-refractivity contribution in [2.45, 2.75) is 4.90 Å². The van der Waals surface area contributed by atoms with Crippen LogP contribution >= 0.6 is 11.8 Å². The SMILES string of the molecule is CSc1cccc(-n2n[c]nn2)c1. The number of rotatable bonds is 2. The highest BCUT2D eigenvalue weighted by Crippen LogP contribution is 2.16. The van der Waals surface area contributed by atoms with E-state index in [0.717, 1.165) is 5.69 Å². The molecule has 0 fully saturated rings. The van der Waals surface area contributed by atoms with E-state index in [9.17, 15) is 0 Å². The van der Waals surface area contributed by atoms with Gasteiger partial charge in [-0.15, -0.1) is 26.8 Å². The van der Waals surface area contributed by atoms with Crippen LogP contribution in [0.1, 0.15) is 0 Å². The standard InChI is InChI=1S/C8H7N4S/c1-13-8-4-2-3-7(5-8)12-10-6-9-11-12/h2-5H,1H3. The van der Waals surface area contributed by atoms with E-state index in [4.69, 9.17) is 0 Å². The average molecular weight is 191 g/mol. The number of aromatic nitrogens is 4. The predicted octanol–water partition coefficient (Wildman–Crippen LogP) is 1.18. The summed E-state index contributed by atoms with van der Waals surface area (Å²) >= 11 is 1.68. The molecule has 2 aromatic rings. The van der Waals surface area contributed by atoms with Gasteiger partial charge in [0.2, 0.25) is 6.33 Å². The molecule has 5 heteroatoms. The lowest BCUT2D eigenvalue weighted by atomic mass is 10.3. The third-order valence-electron chi connectivity index (χ3n) is 1.60. The summed E-state index contributed by atoms with van der Waals surface area (Å²) < 4.78 is 0. The van der Waals surface area contributed by atoms with Crippen LogP contribution in [0.25, 0.3) is 5.69 Å². The first-order valence-electron chi connectivity index (χ1n) is 3.70. The summed E-state index contributed by atoms with van der Waals surface area (Å²) in [7, 11) is 0. The Morgan fingerprint density at radius 3 is 3.08 bits per heavy atom. The topological polar surface area (TPSA) is 43.6 Å². The van der Waals surface area contributed by atoms with Gasteiger partial charge < -0.3 is 0 Å². The zero-order valence-corrected chi connectivity index (χ0v) is 7.82. The molecule has 0 amide bonds. The van der Waals surface area contributed by atoms with Crippen molar-refractivity contribution >= 4 is 11.8 Å². The first-order valence-corrected chi connectivity index (χ1v) is 4.93. The fraction of sp³-hybridized carbons (Fsp3) is 0.125. The van der Waals surface area contributed by atoms with Gasteiger partial charge in [-0.2, -0.15) is 0 Å². The molecule has 0 spiro atoms. The van der Waals surface area contributed by atoms with Crippen LogP contribution in [0.2, 0.25) is 0 Å². The molecule has 0 unspecified atom stereocenters. The molecule has 1 aromatic heterocycles. The molecule has 65 valence electrons. The van der Waals surface area contributed by atoms with Gasteiger partial charge in [-0.1, -0.05) is 6.07 Å². The Labute approximate surface area is 80.0 Å². The van der Waals surface area contributed by atoms with E-state index in [1.807, 2.05) is 30.5 Å². The average Bonchev–Trinajstić information content (AvgIpc) is 2.71. The van der Waals surface area contributed by atoms with Crippen molar-refractivity contribution in [2.24, 2.45) is 0 Å². The number of tetrazole rings is 1. The Morgan fingerprint density at radius 2 is 2.38 bits per heavy atom. The lowest BCUT2D eigenvalue weighted by Crippen LogP contribution is -1.98. The zero-order valence-electron chi connectivity index (χ0n) is 7.01. The Bertz CT molecular complexity index is 385. The second-order valence-corrected chi connectivity index (χ2v) is 3.26. The van der Waals surface area contributed by atoms with Gasteiger partial charge in [0.05, 0.1) is 5.69 Å². The van der Waals surface area contributed by atoms with E-state index in [0.29, 0.717) is 0 Å². The van der Waals surface area contributed by atoms with Gasteiger partial charge in [0.15, 0.2) is 0 Å². The molecule has 0 aliphatic rings. The summed E-state index contributed by atoms with van der Waals surface area (Å²) in [6, 6.07) is 7.93. The molecule has 0 bridgehead atoms. The van der Waals surface area contributed by atoms with Gasteiger partial charge in [0, 0.05) is 4.90 Å². The monoisotopic (exact) mass is 191 g/mol. The summed E-state index contributed by atoms with van der Waals surface area (Å²) in [5.41, 5.74) is 0.903. The molecular weight excluding hydrogens is 184 g/mol.